The molecule has 38 heavy (non-hydrogen) atoms. The van der Waals surface area contributed by atoms with Crippen LogP contribution >= 0.6 is 0 Å². The number of unbranched alkanes of at least 4 members (excludes halogenated alkanes) is 9. The van der Waals surface area contributed by atoms with Gasteiger partial charge >= 0.3 is 11.9 Å². The number of nitrogens with two attached hydrogens (primary N) is 1. The first kappa shape index (κ1) is 36.3. The number of ether oxygens (including phenoxy) is 2. The molecule has 0 saturated carbocycles. The number of nitrogens with zero attached hydrogens (tertiary/aromatic N) is 1. The lowest BCUT2D eigenvalue weighted by molar-refractivity contribution is -0.144. The number of carbonyl (C=O) groups excluding carboxylic acids is 2. The van der Waals surface area contributed by atoms with E-state index in [4.69, 9.17) is 15.2 Å². The minimum Gasteiger partial charge on any atom is -0.465 e. The van der Waals surface area contributed by atoms with E-state index < -0.39 is 0 Å². The predicted octanol–water partition coefficient (Wildman–Crippen LogP) is 7.51. The summed E-state index contributed by atoms with van der Waals surface area (Å²) in [5.74, 6) is -0.186. The highest BCUT2D eigenvalue weighted by Gasteiger charge is 2.08. The Kier molecular flexibility index (Phi) is 28.6. The number of allylic oxidation sites excluding steroid dienone is 2. The van der Waals surface area contributed by atoms with Crippen LogP contribution in [0.4, 0.5) is 0 Å². The number of rotatable bonds is 28. The average Bonchev–Trinajstić information content (AvgIpc) is 2.91. The van der Waals surface area contributed by atoms with Crippen LogP contribution in [0.1, 0.15) is 129 Å². The molecule has 6 nitrogen and oxygen atoms in total. The minimum absolute atomic E-state index is 0.0930. The lowest BCUT2D eigenvalue weighted by Crippen LogP contribution is -2.28. The fourth-order valence-electron chi connectivity index (χ4n) is 4.15. The van der Waals surface area contributed by atoms with Crippen molar-refractivity contribution in [1.82, 2.24) is 4.90 Å². The number of hydrogen-bond donors (Lipinski definition) is 1. The van der Waals surface area contributed by atoms with Gasteiger partial charge in [-0.1, -0.05) is 63.8 Å². The van der Waals surface area contributed by atoms with Gasteiger partial charge in [0, 0.05) is 12.8 Å². The first-order valence-electron chi connectivity index (χ1n) is 15.7. The maximum absolute atomic E-state index is 12.0. The van der Waals surface area contributed by atoms with E-state index in [1.54, 1.807) is 0 Å². The largest absolute Gasteiger partial charge is 0.465 e. The monoisotopic (exact) mass is 536 g/mol. The van der Waals surface area contributed by atoms with Gasteiger partial charge in [0.25, 0.3) is 0 Å². The van der Waals surface area contributed by atoms with Crippen LogP contribution < -0.4 is 5.73 Å². The Morgan fingerprint density at radius 1 is 0.579 bits per heavy atom. The summed E-state index contributed by atoms with van der Waals surface area (Å²) in [7, 11) is 0. The molecule has 6 heteroatoms. The molecule has 0 amide bonds. The van der Waals surface area contributed by atoms with Gasteiger partial charge in [-0.25, -0.2) is 0 Å². The molecule has 0 spiro atoms. The topological polar surface area (TPSA) is 81.9 Å². The molecule has 0 aliphatic heterocycles. The molecule has 0 unspecified atom stereocenters. The second-order valence-electron chi connectivity index (χ2n) is 10.2. The lowest BCUT2D eigenvalue weighted by Gasteiger charge is -2.22. The molecule has 0 fully saturated rings. The maximum atomic E-state index is 12.0. The van der Waals surface area contributed by atoms with E-state index in [0.29, 0.717) is 32.6 Å². The van der Waals surface area contributed by atoms with E-state index in [2.05, 4.69) is 43.1 Å². The molecule has 0 heterocycles. The van der Waals surface area contributed by atoms with Crippen LogP contribution in [0, 0.1) is 0 Å². The van der Waals surface area contributed by atoms with Crippen molar-refractivity contribution in [2.45, 2.75) is 129 Å². The molecule has 0 bridgehead atoms. The van der Waals surface area contributed by atoms with Gasteiger partial charge in [-0.2, -0.15) is 0 Å². The van der Waals surface area contributed by atoms with Crippen molar-refractivity contribution in [1.29, 1.82) is 0 Å². The molecule has 2 N–H and O–H groups in total. The molecule has 222 valence electrons. The fraction of sp³-hybridized carbons (Fsp3) is 0.812. The molecule has 0 atom stereocenters. The third kappa shape index (κ3) is 27.4. The SMILES string of the molecule is CCCCC/C=C\CCOC(=O)CCCCN(CCCCN)CCCCC(=O)OCC/C=C\CCCCC. The zero-order chi connectivity index (χ0) is 27.9. The summed E-state index contributed by atoms with van der Waals surface area (Å²) in [5, 5.41) is 0. The van der Waals surface area contributed by atoms with Crippen LogP contribution in [-0.2, 0) is 19.1 Å². The first-order valence-corrected chi connectivity index (χ1v) is 15.7. The molecule has 0 aromatic carbocycles. The lowest BCUT2D eigenvalue weighted by atomic mass is 10.2. The Balaban J connectivity index is 3.92. The Morgan fingerprint density at radius 3 is 1.42 bits per heavy atom. The molecule has 0 saturated heterocycles. The van der Waals surface area contributed by atoms with E-state index >= 15 is 0 Å². The van der Waals surface area contributed by atoms with Gasteiger partial charge < -0.3 is 20.1 Å². The minimum atomic E-state index is -0.0930. The van der Waals surface area contributed by atoms with E-state index in [1.807, 2.05) is 0 Å². The van der Waals surface area contributed by atoms with E-state index in [0.717, 1.165) is 83.8 Å². The average molecular weight is 537 g/mol. The second kappa shape index (κ2) is 29.9. The molecule has 0 aromatic heterocycles. The highest BCUT2D eigenvalue weighted by atomic mass is 16.5. The zero-order valence-corrected chi connectivity index (χ0v) is 24.9. The number of carbonyl (C=O) groups is 2. The summed E-state index contributed by atoms with van der Waals surface area (Å²) < 4.78 is 10.7. The number of esters is 2. The van der Waals surface area contributed by atoms with Crippen LogP contribution in [0.25, 0.3) is 0 Å². The van der Waals surface area contributed by atoms with Gasteiger partial charge in [0.15, 0.2) is 0 Å². The van der Waals surface area contributed by atoms with Crippen molar-refractivity contribution in [3.63, 3.8) is 0 Å². The van der Waals surface area contributed by atoms with Gasteiger partial charge in [0.2, 0.25) is 0 Å². The first-order chi connectivity index (χ1) is 18.6. The molecule has 0 radical (unpaired) electrons. The van der Waals surface area contributed by atoms with E-state index in [-0.39, 0.29) is 11.9 Å². The standard InChI is InChI=1S/C32H60N2O4/c1-3-5-7-9-11-13-21-29-37-31(35)23-15-18-26-34(28-20-17-25-33)27-19-16-24-32(36)38-30-22-14-12-10-8-6-4-2/h11-14H,3-10,15-30,33H2,1-2H3/b13-11-,14-12-. The van der Waals surface area contributed by atoms with Gasteiger partial charge in [0.1, 0.15) is 0 Å². The van der Waals surface area contributed by atoms with Gasteiger partial charge in [-0.05, 0) is 103 Å². The molecular formula is C32H60N2O4. The second-order valence-corrected chi connectivity index (χ2v) is 10.2. The summed E-state index contributed by atoms with van der Waals surface area (Å²) in [5.41, 5.74) is 5.67. The van der Waals surface area contributed by atoms with Gasteiger partial charge in [-0.3, -0.25) is 9.59 Å². The van der Waals surface area contributed by atoms with Crippen LogP contribution in [-0.4, -0.2) is 56.2 Å². The van der Waals surface area contributed by atoms with Crippen molar-refractivity contribution in [2.75, 3.05) is 39.4 Å². The summed E-state index contributed by atoms with van der Waals surface area (Å²) >= 11 is 0. The smallest absolute Gasteiger partial charge is 0.305 e. The molecular weight excluding hydrogens is 476 g/mol. The van der Waals surface area contributed by atoms with Crippen molar-refractivity contribution in [3.8, 4) is 0 Å². The van der Waals surface area contributed by atoms with Crippen LogP contribution in [0.3, 0.4) is 0 Å². The summed E-state index contributed by atoms with van der Waals surface area (Å²) in [6.07, 6.45) is 26.7. The third-order valence-corrected chi connectivity index (χ3v) is 6.52. The van der Waals surface area contributed by atoms with Crippen LogP contribution in [0.2, 0.25) is 0 Å². The van der Waals surface area contributed by atoms with Crippen molar-refractivity contribution in [3.05, 3.63) is 24.3 Å². The van der Waals surface area contributed by atoms with Crippen molar-refractivity contribution < 1.29 is 19.1 Å². The normalized spacial score (nSPS) is 11.7. The summed E-state index contributed by atoms with van der Waals surface area (Å²) in [4.78, 5) is 26.4. The van der Waals surface area contributed by atoms with Crippen molar-refractivity contribution >= 4 is 11.9 Å². The van der Waals surface area contributed by atoms with E-state index in [1.165, 1.54) is 38.5 Å². The van der Waals surface area contributed by atoms with Gasteiger partial charge in [0.05, 0.1) is 13.2 Å². The third-order valence-electron chi connectivity index (χ3n) is 6.52. The van der Waals surface area contributed by atoms with Crippen LogP contribution in [0.5, 0.6) is 0 Å². The van der Waals surface area contributed by atoms with Crippen molar-refractivity contribution in [2.24, 2.45) is 5.73 Å². The summed E-state index contributed by atoms with van der Waals surface area (Å²) in [6, 6.07) is 0. The quantitative estimate of drug-likeness (QED) is 0.0633. The zero-order valence-electron chi connectivity index (χ0n) is 24.9. The Labute approximate surface area is 234 Å². The molecule has 0 rings (SSSR count). The fourth-order valence-corrected chi connectivity index (χ4v) is 4.15. The maximum Gasteiger partial charge on any atom is 0.305 e. The van der Waals surface area contributed by atoms with E-state index in [9.17, 15) is 9.59 Å². The van der Waals surface area contributed by atoms with Crippen LogP contribution in [0.15, 0.2) is 24.3 Å². The number of hydrogen-bond acceptors (Lipinski definition) is 6. The Hall–Kier alpha value is -1.66. The van der Waals surface area contributed by atoms with Gasteiger partial charge in [-0.15, -0.1) is 0 Å². The Morgan fingerprint density at radius 2 is 1.00 bits per heavy atom. The molecule has 0 aliphatic rings. The predicted molar refractivity (Wildman–Crippen MR) is 160 cm³/mol. The Bertz CT molecular complexity index is 546. The molecule has 0 aromatic rings. The highest BCUT2D eigenvalue weighted by Crippen LogP contribution is 2.07. The summed E-state index contributed by atoms with van der Waals surface area (Å²) in [6.45, 7) is 9.04. The highest BCUT2D eigenvalue weighted by molar-refractivity contribution is 5.69. The molecule has 0 aliphatic carbocycles.